The van der Waals surface area contributed by atoms with Gasteiger partial charge in [0.1, 0.15) is 11.4 Å². The molecular weight excluding hydrogens is 260 g/mol. The van der Waals surface area contributed by atoms with Crippen LogP contribution in [0.25, 0.3) is 0 Å². The molecule has 1 amide bonds. The minimum absolute atomic E-state index is 0.236. The molecule has 0 radical (unpaired) electrons. The number of thiophene rings is 1. The number of rotatable bonds is 3. The number of carbonyl (C=O) groups is 1. The zero-order valence-electron chi connectivity index (χ0n) is 9.11. The van der Waals surface area contributed by atoms with Gasteiger partial charge in [-0.2, -0.15) is 5.10 Å². The molecule has 7 heteroatoms. The lowest BCUT2D eigenvalue weighted by Gasteiger charge is -2.02. The van der Waals surface area contributed by atoms with Gasteiger partial charge in [-0.1, -0.05) is 11.6 Å². The highest BCUT2D eigenvalue weighted by Gasteiger charge is 2.13. The predicted octanol–water partition coefficient (Wildman–Crippen LogP) is 1.65. The lowest BCUT2D eigenvalue weighted by Crippen LogP contribution is -2.23. The van der Waals surface area contributed by atoms with Crippen LogP contribution in [0.5, 0.6) is 0 Å². The number of nitrogens with two attached hydrogens (primary N) is 1. The minimum atomic E-state index is -0.236. The van der Waals surface area contributed by atoms with E-state index in [9.17, 15) is 4.79 Å². The number of aryl methyl sites for hydroxylation is 1. The first-order valence-electron chi connectivity index (χ1n) is 4.88. The SMILES string of the molecule is Cn1ncc(C(=O)NCc2ccc(Cl)s2)c1N. The number of amides is 1. The quantitative estimate of drug-likeness (QED) is 0.891. The lowest BCUT2D eigenvalue weighted by molar-refractivity contribution is 0.0952. The van der Waals surface area contributed by atoms with Gasteiger partial charge in [-0.15, -0.1) is 11.3 Å². The summed E-state index contributed by atoms with van der Waals surface area (Å²) < 4.78 is 2.16. The summed E-state index contributed by atoms with van der Waals surface area (Å²) in [4.78, 5) is 12.8. The molecule has 2 aromatic rings. The van der Waals surface area contributed by atoms with Crippen molar-refractivity contribution in [3.8, 4) is 0 Å². The Kier molecular flexibility index (Phi) is 3.35. The molecule has 0 fully saturated rings. The van der Waals surface area contributed by atoms with E-state index in [4.69, 9.17) is 17.3 Å². The standard InChI is InChI=1S/C10H11ClN4OS/c1-15-9(12)7(5-14-15)10(16)13-4-6-2-3-8(11)17-6/h2-3,5H,4,12H2,1H3,(H,13,16). The first kappa shape index (κ1) is 11.9. The fourth-order valence-electron chi connectivity index (χ4n) is 1.33. The summed E-state index contributed by atoms with van der Waals surface area (Å²) in [5, 5.41) is 6.67. The number of aromatic nitrogens is 2. The van der Waals surface area contributed by atoms with Crippen molar-refractivity contribution in [1.29, 1.82) is 0 Å². The van der Waals surface area contributed by atoms with Crippen LogP contribution in [0.3, 0.4) is 0 Å². The van der Waals surface area contributed by atoms with E-state index in [0.717, 1.165) is 4.88 Å². The number of halogens is 1. The van der Waals surface area contributed by atoms with Crippen molar-refractivity contribution in [2.24, 2.45) is 7.05 Å². The summed E-state index contributed by atoms with van der Waals surface area (Å²) in [7, 11) is 1.69. The third-order valence-corrected chi connectivity index (χ3v) is 3.51. The maximum atomic E-state index is 11.8. The van der Waals surface area contributed by atoms with E-state index in [0.29, 0.717) is 22.3 Å². The Bertz CT molecular complexity index is 548. The summed E-state index contributed by atoms with van der Waals surface area (Å²) in [6.07, 6.45) is 1.45. The topological polar surface area (TPSA) is 72.9 Å². The normalized spacial score (nSPS) is 10.5. The van der Waals surface area contributed by atoms with Crippen LogP contribution < -0.4 is 11.1 Å². The van der Waals surface area contributed by atoms with Crippen LogP contribution in [0.1, 0.15) is 15.2 Å². The maximum Gasteiger partial charge on any atom is 0.256 e. The van der Waals surface area contributed by atoms with Crippen LogP contribution in [0.4, 0.5) is 5.82 Å². The number of anilines is 1. The molecule has 17 heavy (non-hydrogen) atoms. The van der Waals surface area contributed by atoms with Gasteiger partial charge in [0.2, 0.25) is 0 Å². The molecule has 5 nitrogen and oxygen atoms in total. The van der Waals surface area contributed by atoms with Crippen LogP contribution in [-0.4, -0.2) is 15.7 Å². The van der Waals surface area contributed by atoms with Crippen LogP contribution in [0.2, 0.25) is 4.34 Å². The lowest BCUT2D eigenvalue weighted by atomic mass is 10.3. The maximum absolute atomic E-state index is 11.8. The van der Waals surface area contributed by atoms with Crippen LogP contribution >= 0.6 is 22.9 Å². The smallest absolute Gasteiger partial charge is 0.256 e. The molecule has 0 saturated carbocycles. The molecule has 3 N–H and O–H groups in total. The molecule has 90 valence electrons. The molecule has 0 bridgehead atoms. The molecule has 0 unspecified atom stereocenters. The average Bonchev–Trinajstić information content (AvgIpc) is 2.84. The van der Waals surface area contributed by atoms with E-state index in [1.54, 1.807) is 13.1 Å². The van der Waals surface area contributed by atoms with Crippen LogP contribution in [-0.2, 0) is 13.6 Å². The van der Waals surface area contributed by atoms with Crippen molar-refractivity contribution in [3.63, 3.8) is 0 Å². The van der Waals surface area contributed by atoms with Gasteiger partial charge in [0.15, 0.2) is 0 Å². The Morgan fingerprint density at radius 3 is 2.94 bits per heavy atom. The molecule has 0 spiro atoms. The van der Waals surface area contributed by atoms with E-state index >= 15 is 0 Å². The van der Waals surface area contributed by atoms with E-state index < -0.39 is 0 Å². The molecule has 2 aromatic heterocycles. The number of nitrogen functional groups attached to an aromatic ring is 1. The average molecular weight is 271 g/mol. The summed E-state index contributed by atoms with van der Waals surface area (Å²) in [5.74, 6) is 0.117. The number of nitrogens with one attached hydrogen (secondary N) is 1. The molecule has 2 heterocycles. The highest BCUT2D eigenvalue weighted by atomic mass is 35.5. The molecule has 0 saturated heterocycles. The molecule has 0 aliphatic carbocycles. The predicted molar refractivity (Wildman–Crippen MR) is 68.1 cm³/mol. The molecule has 0 aliphatic rings. The van der Waals surface area contributed by atoms with Crippen LogP contribution in [0.15, 0.2) is 18.3 Å². The van der Waals surface area contributed by atoms with Crippen molar-refractivity contribution < 1.29 is 4.79 Å². The van der Waals surface area contributed by atoms with Crippen molar-refractivity contribution in [2.75, 3.05) is 5.73 Å². The van der Waals surface area contributed by atoms with Gasteiger partial charge in [-0.25, -0.2) is 0 Å². The minimum Gasteiger partial charge on any atom is -0.383 e. The molecule has 0 aromatic carbocycles. The van der Waals surface area contributed by atoms with E-state index in [-0.39, 0.29) is 5.91 Å². The molecule has 2 rings (SSSR count). The Balaban J connectivity index is 2.00. The number of hydrogen-bond acceptors (Lipinski definition) is 4. The summed E-state index contributed by atoms with van der Waals surface area (Å²) in [5.41, 5.74) is 6.08. The molecule has 0 aliphatic heterocycles. The van der Waals surface area contributed by atoms with E-state index in [1.807, 2.05) is 6.07 Å². The monoisotopic (exact) mass is 270 g/mol. The highest BCUT2D eigenvalue weighted by Crippen LogP contribution is 2.21. The van der Waals surface area contributed by atoms with E-state index in [2.05, 4.69) is 10.4 Å². The van der Waals surface area contributed by atoms with Gasteiger partial charge in [0.25, 0.3) is 5.91 Å². The molecular formula is C10H11ClN4OS. The van der Waals surface area contributed by atoms with E-state index in [1.165, 1.54) is 22.2 Å². The van der Waals surface area contributed by atoms with Crippen LogP contribution in [0, 0.1) is 0 Å². The highest BCUT2D eigenvalue weighted by molar-refractivity contribution is 7.16. The first-order chi connectivity index (χ1) is 8.08. The fourth-order valence-corrected chi connectivity index (χ4v) is 2.36. The second-order valence-electron chi connectivity index (χ2n) is 3.46. The number of carbonyl (C=O) groups excluding carboxylic acids is 1. The second kappa shape index (κ2) is 4.77. The third kappa shape index (κ3) is 2.59. The van der Waals surface area contributed by atoms with Gasteiger partial charge < -0.3 is 11.1 Å². The summed E-state index contributed by atoms with van der Waals surface area (Å²) in [6, 6.07) is 3.67. The first-order valence-corrected chi connectivity index (χ1v) is 6.07. The van der Waals surface area contributed by atoms with Gasteiger partial charge in [-0.05, 0) is 12.1 Å². The van der Waals surface area contributed by atoms with Crippen molar-refractivity contribution in [1.82, 2.24) is 15.1 Å². The Morgan fingerprint density at radius 2 is 2.41 bits per heavy atom. The Hall–Kier alpha value is -1.53. The summed E-state index contributed by atoms with van der Waals surface area (Å²) in [6.45, 7) is 0.435. The molecule has 0 atom stereocenters. The van der Waals surface area contributed by atoms with Gasteiger partial charge in [0, 0.05) is 11.9 Å². The van der Waals surface area contributed by atoms with Gasteiger partial charge in [-0.3, -0.25) is 9.48 Å². The zero-order valence-corrected chi connectivity index (χ0v) is 10.7. The van der Waals surface area contributed by atoms with Crippen molar-refractivity contribution in [2.45, 2.75) is 6.54 Å². The fraction of sp³-hybridized carbons (Fsp3) is 0.200. The van der Waals surface area contributed by atoms with Crippen molar-refractivity contribution in [3.05, 3.63) is 33.1 Å². The summed E-state index contributed by atoms with van der Waals surface area (Å²) >= 11 is 7.23. The Morgan fingerprint density at radius 1 is 1.65 bits per heavy atom. The Labute approximate surface area is 107 Å². The van der Waals surface area contributed by atoms with Crippen molar-refractivity contribution >= 4 is 34.7 Å². The third-order valence-electron chi connectivity index (χ3n) is 2.28. The zero-order chi connectivity index (χ0) is 12.4. The van der Waals surface area contributed by atoms with Gasteiger partial charge in [0.05, 0.1) is 17.1 Å². The number of nitrogens with zero attached hydrogens (tertiary/aromatic N) is 2. The largest absolute Gasteiger partial charge is 0.383 e. The second-order valence-corrected chi connectivity index (χ2v) is 5.26. The van der Waals surface area contributed by atoms with Gasteiger partial charge >= 0.3 is 0 Å². The number of hydrogen-bond donors (Lipinski definition) is 2.